The van der Waals surface area contributed by atoms with Crippen LogP contribution in [0.1, 0.15) is 120 Å². The second-order valence-corrected chi connectivity index (χ2v) is 35.8. The second-order valence-electron chi connectivity index (χ2n) is 31.6. The van der Waals surface area contributed by atoms with Crippen LogP contribution >= 0.6 is 0 Å². The molecular weight excluding hydrogens is 1500 g/mol. The summed E-state index contributed by atoms with van der Waals surface area (Å²) in [4.78, 5) is 3.81. The van der Waals surface area contributed by atoms with Gasteiger partial charge in [-0.05, 0) is 0 Å². The number of hydrogen-bond acceptors (Lipinski definition) is 2. The Balaban J connectivity index is 1.00. The van der Waals surface area contributed by atoms with E-state index in [2.05, 4.69) is 65.8 Å². The summed E-state index contributed by atoms with van der Waals surface area (Å²) in [6.45, 7) is 16.8. The molecule has 2 aliphatic rings. The van der Waals surface area contributed by atoms with Crippen LogP contribution in [0.3, 0.4) is 0 Å². The monoisotopic (exact) mass is 1610 g/mol. The molecule has 0 spiro atoms. The van der Waals surface area contributed by atoms with Crippen molar-refractivity contribution in [1.82, 2.24) is 9.13 Å². The molecule has 0 atom stereocenters. The fourth-order valence-corrected chi connectivity index (χ4v) is 20.9. The Labute approximate surface area is 715 Å². The van der Waals surface area contributed by atoms with Gasteiger partial charge in [0.2, 0.25) is 0 Å². The standard InChI is InChI=1S/C106H83BN4Se2/c1-104(2,3)74-58-81(68-36-20-12-21-37-68)100(82(59-74)69-38-22-13-23-39-69)110-91-64-77(108-89-46-30-28-44-79(89)97-85-56-72(66-32-16-10-17-33-66)48-54-95(85)112-102(97)108)50-52-87(91)107-88-53-51-78(109-90-47-31-29-45-80(90)98-86-57-73(67-34-18-11-19-35-67)49-55-96(86)113-103(98)109)65-92(88)111(94-63-76(106(7,8)9)62-93(110)99(94)107)101-83(70-40-24-14-25-41-70)60-75(105(4,5)6)61-84(101)71-42-26-15-27-43-71/h10-65H,1-9H3/i10D,11D,16D,17D,18D,19D,28D,29D,30D,31D,32D,33D,34D,35D,44D,45D,46D,47D,48D,49D,50D,51D,52D,53D,54D,55D,56D,57D,64D,65D. The van der Waals surface area contributed by atoms with Crippen LogP contribution in [-0.2, 0) is 16.2 Å². The van der Waals surface area contributed by atoms with Gasteiger partial charge in [-0.2, -0.15) is 0 Å². The van der Waals surface area contributed by atoms with Crippen LogP contribution in [0.15, 0.2) is 339 Å². The first-order chi connectivity index (χ1) is 67.5. The minimum atomic E-state index is -1.70. The molecule has 2 aliphatic heterocycles. The van der Waals surface area contributed by atoms with Gasteiger partial charge < -0.3 is 0 Å². The summed E-state index contributed by atoms with van der Waals surface area (Å²) in [6, 6.07) is 28.8. The molecule has 0 bridgehead atoms. The van der Waals surface area contributed by atoms with Gasteiger partial charge in [0.05, 0.1) is 0 Å². The summed E-state index contributed by atoms with van der Waals surface area (Å²) in [5, 5.41) is -1.17. The molecule has 19 aromatic rings. The summed E-state index contributed by atoms with van der Waals surface area (Å²) in [6.07, 6.45) is 0. The minimum absolute atomic E-state index is 0.00381. The molecule has 7 heteroatoms. The predicted molar refractivity (Wildman–Crippen MR) is 487 cm³/mol. The van der Waals surface area contributed by atoms with E-state index in [0.29, 0.717) is 66.9 Å². The third kappa shape index (κ3) is 11.3. The van der Waals surface area contributed by atoms with Crippen molar-refractivity contribution in [2.45, 2.75) is 78.6 Å². The molecule has 4 aromatic heterocycles. The van der Waals surface area contributed by atoms with Crippen molar-refractivity contribution in [3.05, 3.63) is 356 Å². The van der Waals surface area contributed by atoms with E-state index in [1.165, 1.54) is 9.13 Å². The van der Waals surface area contributed by atoms with E-state index in [9.17, 15) is 32.9 Å². The molecule has 0 N–H and O–H groups in total. The molecule has 0 saturated carbocycles. The van der Waals surface area contributed by atoms with Crippen LogP contribution in [0.4, 0.5) is 34.1 Å². The van der Waals surface area contributed by atoms with E-state index in [1.807, 2.05) is 164 Å². The van der Waals surface area contributed by atoms with Gasteiger partial charge in [0.15, 0.2) is 0 Å². The van der Waals surface area contributed by atoms with Gasteiger partial charge in [-0.25, -0.2) is 0 Å². The molecule has 0 saturated heterocycles. The number of rotatable bonds is 10. The summed E-state index contributed by atoms with van der Waals surface area (Å²) < 4.78 is 302. The predicted octanol–water partition coefficient (Wildman–Crippen LogP) is 26.3. The van der Waals surface area contributed by atoms with E-state index in [-0.39, 0.29) is 94.3 Å². The molecule has 0 fully saturated rings. The van der Waals surface area contributed by atoms with E-state index in [4.69, 9.17) is 8.22 Å². The van der Waals surface area contributed by atoms with Crippen molar-refractivity contribution in [1.29, 1.82) is 0 Å². The third-order valence-corrected chi connectivity index (χ3v) is 26.2. The number of benzene rings is 15. The zero-order valence-electron chi connectivity index (χ0n) is 92.7. The molecule has 15 aromatic carbocycles. The maximum atomic E-state index is 12.1. The Kier molecular flexibility index (Phi) is 10.3. The Morgan fingerprint density at radius 3 is 0.991 bits per heavy atom. The summed E-state index contributed by atoms with van der Waals surface area (Å²) >= 11 is -2.87. The van der Waals surface area contributed by atoms with Crippen molar-refractivity contribution in [2.24, 2.45) is 0 Å². The van der Waals surface area contributed by atoms with Crippen molar-refractivity contribution in [2.75, 3.05) is 9.80 Å². The number of aromatic nitrogens is 2. The molecule has 113 heavy (non-hydrogen) atoms. The first-order valence-corrected chi connectivity index (χ1v) is 40.6. The van der Waals surface area contributed by atoms with E-state index < -0.39 is 267 Å². The summed E-state index contributed by atoms with van der Waals surface area (Å²) in [7, 11) is 0. The molecule has 0 amide bonds. The molecule has 0 radical (unpaired) electrons. The molecule has 0 aliphatic carbocycles. The maximum absolute atomic E-state index is 12.1. The molecule has 0 unspecified atom stereocenters. The van der Waals surface area contributed by atoms with Crippen molar-refractivity contribution in [3.63, 3.8) is 0 Å². The van der Waals surface area contributed by atoms with Gasteiger partial charge in [0, 0.05) is 0 Å². The van der Waals surface area contributed by atoms with E-state index in [1.54, 1.807) is 0 Å². The zero-order chi connectivity index (χ0) is 102. The Hall–Kier alpha value is -11.9. The summed E-state index contributed by atoms with van der Waals surface area (Å²) in [5.74, 6) is 0. The number of fused-ring (bicyclic) bond motifs is 14. The van der Waals surface area contributed by atoms with Gasteiger partial charge in [-0.15, -0.1) is 0 Å². The van der Waals surface area contributed by atoms with Crippen molar-refractivity contribution < 1.29 is 41.1 Å². The van der Waals surface area contributed by atoms with Crippen LogP contribution in [0.25, 0.3) is 139 Å². The quantitative estimate of drug-likeness (QED) is 0.127. The topological polar surface area (TPSA) is 16.3 Å². The number of para-hydroxylation sites is 2. The molecule has 21 rings (SSSR count). The van der Waals surface area contributed by atoms with Gasteiger partial charge in [0.1, 0.15) is 0 Å². The van der Waals surface area contributed by atoms with Gasteiger partial charge in [-0.1, -0.05) is 0 Å². The number of nitrogens with zero attached hydrogens (tertiary/aromatic N) is 4. The number of anilines is 6. The van der Waals surface area contributed by atoms with Gasteiger partial charge in [0.25, 0.3) is 0 Å². The zero-order valence-corrected chi connectivity index (χ0v) is 66.1. The van der Waals surface area contributed by atoms with Crippen LogP contribution in [-0.4, -0.2) is 44.9 Å². The molecule has 4 nitrogen and oxygen atoms in total. The molecule has 6 heterocycles. The summed E-state index contributed by atoms with van der Waals surface area (Å²) in [5.41, 5.74) is 1.97. The first kappa shape index (κ1) is 44.4. The Morgan fingerprint density at radius 2 is 0.637 bits per heavy atom. The normalized spacial score (nSPS) is 16.7. The van der Waals surface area contributed by atoms with Crippen LogP contribution < -0.4 is 26.2 Å². The van der Waals surface area contributed by atoms with Crippen molar-refractivity contribution in [3.8, 4) is 78.1 Å². The SMILES string of the molecule is [2H]c1c([2H])c([2H])c(-c2c([2H])c([2H])c3[se]c4c(c3c2[2H])c2c([2H])c([2H])c([2H])c([2H])c2n4-c2c([2H])c([2H])c3c(c2[2H])N(c2c(-c4ccccc4)cc(C(C)(C)C)cc2-c2ccccc2)c2cc(C(C)(C)C)cc4c2B3c2c([2H])c([2H])c(-n3c5[se]c6c([2H])c([2H])c(-c7c([2H])c([2H])c([2H])c([2H])c7[2H])c([2H])c6c5c5c([2H])c([2H])c([2H])c([2H])c53)c([2H])c2N4c2c(-c3ccccc3)cc(C(C)(C)C)cc2-c2ccccc2)c([2H])c1[2H]. The fourth-order valence-electron chi connectivity index (χ4n) is 16.1. The van der Waals surface area contributed by atoms with Gasteiger partial charge in [-0.3, -0.25) is 0 Å². The van der Waals surface area contributed by atoms with Crippen LogP contribution in [0, 0.1) is 0 Å². The molecular formula is C106H83BN4Se2. The Bertz CT molecular complexity index is 8290. The Morgan fingerprint density at radius 1 is 0.301 bits per heavy atom. The van der Waals surface area contributed by atoms with Gasteiger partial charge >= 0.3 is 719 Å². The third-order valence-electron chi connectivity index (χ3n) is 21.7. The number of hydrogen-bond donors (Lipinski definition) is 0. The van der Waals surface area contributed by atoms with Crippen LogP contribution in [0.2, 0.25) is 0 Å². The average Bonchev–Trinajstić information content (AvgIpc) is 1.58. The second kappa shape index (κ2) is 26.4. The van der Waals surface area contributed by atoms with Crippen molar-refractivity contribution >= 4 is 147 Å². The van der Waals surface area contributed by atoms with E-state index in [0.717, 1.165) is 11.1 Å². The fraction of sp³-hybridized carbons (Fsp3) is 0.113. The van der Waals surface area contributed by atoms with E-state index >= 15 is 0 Å². The van der Waals surface area contributed by atoms with Crippen LogP contribution in [0.5, 0.6) is 0 Å². The average molecular weight is 1610 g/mol. The first-order valence-electron chi connectivity index (χ1n) is 52.2. The molecule has 542 valence electrons.